The number of aromatic nitrogens is 3. The van der Waals surface area contributed by atoms with Gasteiger partial charge in [-0.2, -0.15) is 0 Å². The molecular formula is C14H12F2N4. The Kier molecular flexibility index (Phi) is 2.85. The van der Waals surface area contributed by atoms with Crippen LogP contribution in [0.1, 0.15) is 11.4 Å². The van der Waals surface area contributed by atoms with E-state index in [4.69, 9.17) is 5.73 Å². The molecule has 0 aliphatic rings. The predicted molar refractivity (Wildman–Crippen MR) is 72.1 cm³/mol. The van der Waals surface area contributed by atoms with Crippen LogP contribution in [0.3, 0.4) is 0 Å². The lowest BCUT2D eigenvalue weighted by Gasteiger charge is -2.07. The smallest absolute Gasteiger partial charge is 0.201 e. The zero-order valence-corrected chi connectivity index (χ0v) is 10.8. The Morgan fingerprint density at radius 2 is 1.95 bits per heavy atom. The average molecular weight is 274 g/mol. The first-order valence-corrected chi connectivity index (χ1v) is 6.08. The van der Waals surface area contributed by atoms with Gasteiger partial charge in [0, 0.05) is 5.69 Å². The number of benzene rings is 1. The molecular weight excluding hydrogens is 262 g/mol. The summed E-state index contributed by atoms with van der Waals surface area (Å²) >= 11 is 0. The van der Waals surface area contributed by atoms with E-state index in [0.717, 1.165) is 11.8 Å². The number of pyridine rings is 1. The largest absolute Gasteiger partial charge is 0.369 e. The predicted octanol–water partition coefficient (Wildman–Crippen LogP) is 2.65. The Morgan fingerprint density at radius 1 is 1.15 bits per heavy atom. The maximum atomic E-state index is 13.9. The van der Waals surface area contributed by atoms with Crippen molar-refractivity contribution in [2.75, 3.05) is 5.73 Å². The van der Waals surface area contributed by atoms with Gasteiger partial charge in [-0.3, -0.25) is 4.98 Å². The van der Waals surface area contributed by atoms with Crippen molar-refractivity contribution in [3.05, 3.63) is 53.4 Å². The average Bonchev–Trinajstić information content (AvgIpc) is 2.72. The van der Waals surface area contributed by atoms with Crippen molar-refractivity contribution < 1.29 is 8.78 Å². The summed E-state index contributed by atoms with van der Waals surface area (Å²) in [5.41, 5.74) is 7.73. The fraction of sp³-hybridized carbons (Fsp3) is 0.143. The first kappa shape index (κ1) is 12.5. The van der Waals surface area contributed by atoms with E-state index in [1.165, 1.54) is 10.6 Å². The van der Waals surface area contributed by atoms with Gasteiger partial charge < -0.3 is 10.3 Å². The number of rotatable bonds is 2. The van der Waals surface area contributed by atoms with E-state index < -0.39 is 11.6 Å². The fourth-order valence-electron chi connectivity index (χ4n) is 2.18. The Balaban J connectivity index is 2.16. The number of nitrogens with zero attached hydrogens (tertiary/aromatic N) is 3. The van der Waals surface area contributed by atoms with Crippen LogP contribution in [0.4, 0.5) is 14.7 Å². The van der Waals surface area contributed by atoms with E-state index in [1.807, 2.05) is 19.1 Å². The summed E-state index contributed by atoms with van der Waals surface area (Å²) in [4.78, 5) is 8.37. The number of nitrogens with two attached hydrogens (primary N) is 1. The first-order chi connectivity index (χ1) is 9.56. The molecule has 0 bridgehead atoms. The number of hydrogen-bond donors (Lipinski definition) is 1. The minimum atomic E-state index is -0.945. The zero-order valence-electron chi connectivity index (χ0n) is 10.8. The Labute approximate surface area is 113 Å². The molecule has 20 heavy (non-hydrogen) atoms. The summed E-state index contributed by atoms with van der Waals surface area (Å²) in [6, 6.07) is 7.96. The molecule has 0 radical (unpaired) electrons. The lowest BCUT2D eigenvalue weighted by molar-refractivity contribution is 0.512. The highest BCUT2D eigenvalue weighted by Crippen LogP contribution is 2.23. The SMILES string of the molecule is Cc1cccc(Cn2c(N)nc3ccc(F)c(F)c32)n1. The molecule has 0 aliphatic heterocycles. The molecule has 2 aromatic heterocycles. The minimum Gasteiger partial charge on any atom is -0.369 e. The Morgan fingerprint density at radius 3 is 2.70 bits per heavy atom. The molecule has 0 saturated carbocycles. The molecule has 0 amide bonds. The highest BCUT2D eigenvalue weighted by atomic mass is 19.2. The molecule has 102 valence electrons. The van der Waals surface area contributed by atoms with Crippen molar-refractivity contribution in [2.24, 2.45) is 0 Å². The second-order valence-corrected chi connectivity index (χ2v) is 4.56. The van der Waals surface area contributed by atoms with Crippen LogP contribution in [-0.2, 0) is 6.54 Å². The quantitative estimate of drug-likeness (QED) is 0.781. The highest BCUT2D eigenvalue weighted by Gasteiger charge is 2.16. The molecule has 0 unspecified atom stereocenters. The molecule has 4 nitrogen and oxygen atoms in total. The van der Waals surface area contributed by atoms with Crippen molar-refractivity contribution in [3.8, 4) is 0 Å². The van der Waals surface area contributed by atoms with Crippen LogP contribution in [-0.4, -0.2) is 14.5 Å². The zero-order chi connectivity index (χ0) is 14.3. The molecule has 0 saturated heterocycles. The third-order valence-electron chi connectivity index (χ3n) is 3.10. The second-order valence-electron chi connectivity index (χ2n) is 4.56. The number of imidazole rings is 1. The molecule has 2 heterocycles. The molecule has 3 aromatic rings. The lowest BCUT2D eigenvalue weighted by atomic mass is 10.2. The summed E-state index contributed by atoms with van der Waals surface area (Å²) in [6.45, 7) is 2.10. The summed E-state index contributed by atoms with van der Waals surface area (Å²) in [6.07, 6.45) is 0. The second kappa shape index (κ2) is 4.56. The molecule has 0 fully saturated rings. The van der Waals surface area contributed by atoms with Gasteiger partial charge in [-0.25, -0.2) is 13.8 Å². The van der Waals surface area contributed by atoms with E-state index in [-0.39, 0.29) is 18.0 Å². The Hall–Kier alpha value is -2.50. The van der Waals surface area contributed by atoms with Gasteiger partial charge in [0.15, 0.2) is 11.6 Å². The maximum Gasteiger partial charge on any atom is 0.201 e. The van der Waals surface area contributed by atoms with E-state index >= 15 is 0 Å². The number of aryl methyl sites for hydroxylation is 1. The standard InChI is InChI=1S/C14H12F2N4/c1-8-3-2-4-9(18-8)7-20-13-11(19-14(20)17)6-5-10(15)12(13)16/h2-6H,7H2,1H3,(H2,17,19). The molecule has 6 heteroatoms. The van der Waals surface area contributed by atoms with Gasteiger partial charge >= 0.3 is 0 Å². The highest BCUT2D eigenvalue weighted by molar-refractivity contribution is 5.79. The normalized spacial score (nSPS) is 11.2. The third kappa shape index (κ3) is 1.99. The molecule has 3 rings (SSSR count). The van der Waals surface area contributed by atoms with Crippen LogP contribution in [0.2, 0.25) is 0 Å². The fourth-order valence-corrected chi connectivity index (χ4v) is 2.18. The van der Waals surface area contributed by atoms with Crippen molar-refractivity contribution in [3.63, 3.8) is 0 Å². The molecule has 0 atom stereocenters. The third-order valence-corrected chi connectivity index (χ3v) is 3.10. The lowest BCUT2D eigenvalue weighted by Crippen LogP contribution is -2.07. The Bertz CT molecular complexity index is 795. The van der Waals surface area contributed by atoms with Gasteiger partial charge in [0.05, 0.1) is 17.8 Å². The number of nitrogen functional groups attached to an aromatic ring is 1. The molecule has 0 aliphatic carbocycles. The minimum absolute atomic E-state index is 0.0609. The molecule has 2 N–H and O–H groups in total. The van der Waals surface area contributed by atoms with Crippen molar-refractivity contribution >= 4 is 17.0 Å². The van der Waals surface area contributed by atoms with Crippen LogP contribution in [0.5, 0.6) is 0 Å². The molecule has 0 spiro atoms. The number of hydrogen-bond acceptors (Lipinski definition) is 3. The van der Waals surface area contributed by atoms with E-state index in [0.29, 0.717) is 11.2 Å². The number of fused-ring (bicyclic) bond motifs is 1. The van der Waals surface area contributed by atoms with Crippen LogP contribution in [0.15, 0.2) is 30.3 Å². The van der Waals surface area contributed by atoms with Gasteiger partial charge in [0.25, 0.3) is 0 Å². The van der Waals surface area contributed by atoms with Gasteiger partial charge in [0.2, 0.25) is 5.95 Å². The van der Waals surface area contributed by atoms with Gasteiger partial charge in [-0.1, -0.05) is 6.07 Å². The van der Waals surface area contributed by atoms with Gasteiger partial charge in [-0.15, -0.1) is 0 Å². The first-order valence-electron chi connectivity index (χ1n) is 6.08. The van der Waals surface area contributed by atoms with Crippen LogP contribution in [0, 0.1) is 18.6 Å². The topological polar surface area (TPSA) is 56.7 Å². The number of anilines is 1. The van der Waals surface area contributed by atoms with Crippen molar-refractivity contribution in [1.82, 2.24) is 14.5 Å². The summed E-state index contributed by atoms with van der Waals surface area (Å²) in [5, 5.41) is 0. The van der Waals surface area contributed by atoms with E-state index in [1.54, 1.807) is 6.07 Å². The van der Waals surface area contributed by atoms with Crippen LogP contribution < -0.4 is 5.73 Å². The summed E-state index contributed by atoms with van der Waals surface area (Å²) in [5.74, 6) is -1.73. The van der Waals surface area contributed by atoms with Gasteiger partial charge in [-0.05, 0) is 31.2 Å². The van der Waals surface area contributed by atoms with E-state index in [2.05, 4.69) is 9.97 Å². The van der Waals surface area contributed by atoms with Crippen molar-refractivity contribution in [2.45, 2.75) is 13.5 Å². The molecule has 1 aromatic carbocycles. The summed E-state index contributed by atoms with van der Waals surface area (Å²) < 4.78 is 28.7. The van der Waals surface area contributed by atoms with Crippen molar-refractivity contribution in [1.29, 1.82) is 0 Å². The van der Waals surface area contributed by atoms with E-state index in [9.17, 15) is 8.78 Å². The van der Waals surface area contributed by atoms with Gasteiger partial charge in [0.1, 0.15) is 5.52 Å². The monoisotopic (exact) mass is 274 g/mol. The summed E-state index contributed by atoms with van der Waals surface area (Å²) in [7, 11) is 0. The maximum absolute atomic E-state index is 13.9. The number of halogens is 2. The van der Waals surface area contributed by atoms with Crippen LogP contribution >= 0.6 is 0 Å². The van der Waals surface area contributed by atoms with Crippen LogP contribution in [0.25, 0.3) is 11.0 Å².